The molecule has 0 aliphatic carbocycles. The highest BCUT2D eigenvalue weighted by atomic mass is 16.6. The van der Waals surface area contributed by atoms with Gasteiger partial charge in [0.1, 0.15) is 5.60 Å². The van der Waals surface area contributed by atoms with E-state index in [0.29, 0.717) is 36.3 Å². The number of amides is 1. The molecule has 1 heterocycles. The predicted octanol–water partition coefficient (Wildman–Crippen LogP) is 2.81. The molecule has 0 fully saturated rings. The van der Waals surface area contributed by atoms with Gasteiger partial charge in [0.2, 0.25) is 0 Å². The molecule has 0 unspecified atom stereocenters. The van der Waals surface area contributed by atoms with Crippen LogP contribution in [-0.4, -0.2) is 27.8 Å². The Balaban J connectivity index is 2.69. The number of carboxylic acid groups (broad SMARTS) is 1. The molecule has 1 aromatic heterocycles. The minimum absolute atomic E-state index is 0.115. The lowest BCUT2D eigenvalue weighted by atomic mass is 10.1. The Morgan fingerprint density at radius 2 is 2.05 bits per heavy atom. The summed E-state index contributed by atoms with van der Waals surface area (Å²) in [5.41, 5.74) is 6.67. The molecule has 0 radical (unpaired) electrons. The van der Waals surface area contributed by atoms with Gasteiger partial charge in [-0.05, 0) is 46.1 Å². The number of carbonyl (C=O) groups excluding carboxylic acids is 1. The van der Waals surface area contributed by atoms with E-state index in [1.165, 1.54) is 6.20 Å². The van der Waals surface area contributed by atoms with Crippen LogP contribution in [0.3, 0.4) is 0 Å². The average molecular weight is 309 g/mol. The molecule has 0 saturated carbocycles. The van der Waals surface area contributed by atoms with Crippen LogP contribution < -0.4 is 11.1 Å². The third-order valence-corrected chi connectivity index (χ3v) is 2.68. The second kappa shape index (κ2) is 7.63. The number of anilines is 2. The van der Waals surface area contributed by atoms with Crippen molar-refractivity contribution in [2.24, 2.45) is 0 Å². The Bertz CT molecular complexity index is 538. The fraction of sp³-hybridized carbons (Fsp3) is 0.533. The number of hydrogen-bond donors (Lipinski definition) is 3. The van der Waals surface area contributed by atoms with E-state index >= 15 is 0 Å². The molecule has 7 nitrogen and oxygen atoms in total. The summed E-state index contributed by atoms with van der Waals surface area (Å²) in [7, 11) is 0. The molecule has 0 atom stereocenters. The Morgan fingerprint density at radius 3 is 2.64 bits per heavy atom. The molecule has 0 bridgehead atoms. The summed E-state index contributed by atoms with van der Waals surface area (Å²) in [6.07, 6.45) is 2.81. The molecule has 1 rings (SSSR count). The highest BCUT2D eigenvalue weighted by molar-refractivity contribution is 5.86. The third-order valence-electron chi connectivity index (χ3n) is 2.68. The number of aryl methyl sites for hydroxylation is 1. The van der Waals surface area contributed by atoms with Gasteiger partial charge in [0.15, 0.2) is 0 Å². The second-order valence-corrected chi connectivity index (χ2v) is 5.99. The summed E-state index contributed by atoms with van der Waals surface area (Å²) in [6.45, 7) is 5.32. The van der Waals surface area contributed by atoms with E-state index in [-0.39, 0.29) is 6.42 Å². The summed E-state index contributed by atoms with van der Waals surface area (Å²) in [6, 6.07) is 1.61. The molecule has 0 aromatic carbocycles. The molecule has 0 saturated heterocycles. The van der Waals surface area contributed by atoms with Crippen LogP contribution in [0.4, 0.5) is 16.2 Å². The Kier molecular flexibility index (Phi) is 6.15. The first kappa shape index (κ1) is 17.7. The lowest BCUT2D eigenvalue weighted by Gasteiger charge is -2.20. The van der Waals surface area contributed by atoms with Gasteiger partial charge in [-0.15, -0.1) is 0 Å². The first-order valence-corrected chi connectivity index (χ1v) is 7.13. The van der Waals surface area contributed by atoms with Gasteiger partial charge in [-0.1, -0.05) is 0 Å². The zero-order valence-electron chi connectivity index (χ0n) is 13.2. The zero-order chi connectivity index (χ0) is 16.8. The number of pyridine rings is 1. The maximum Gasteiger partial charge on any atom is 0.412 e. The number of carboxylic acids is 1. The van der Waals surface area contributed by atoms with E-state index in [4.69, 9.17) is 15.6 Å². The van der Waals surface area contributed by atoms with Crippen LogP contribution in [0.25, 0.3) is 0 Å². The quantitative estimate of drug-likeness (QED) is 0.696. The number of carbonyl (C=O) groups is 2. The van der Waals surface area contributed by atoms with Crippen molar-refractivity contribution in [2.75, 3.05) is 11.1 Å². The van der Waals surface area contributed by atoms with E-state index in [0.717, 1.165) is 0 Å². The van der Waals surface area contributed by atoms with Crippen molar-refractivity contribution in [2.45, 2.75) is 52.1 Å². The van der Waals surface area contributed by atoms with Crippen LogP contribution in [-0.2, 0) is 16.0 Å². The molecule has 4 N–H and O–H groups in total. The maximum absolute atomic E-state index is 11.8. The lowest BCUT2D eigenvalue weighted by Crippen LogP contribution is -2.27. The number of ether oxygens (including phenoxy) is 1. The van der Waals surface area contributed by atoms with Gasteiger partial charge in [-0.2, -0.15) is 0 Å². The van der Waals surface area contributed by atoms with Gasteiger partial charge in [0.05, 0.1) is 23.3 Å². The van der Waals surface area contributed by atoms with Crippen LogP contribution in [0, 0.1) is 0 Å². The van der Waals surface area contributed by atoms with Crippen molar-refractivity contribution in [3.05, 3.63) is 18.0 Å². The van der Waals surface area contributed by atoms with Crippen molar-refractivity contribution in [1.82, 2.24) is 4.98 Å². The minimum Gasteiger partial charge on any atom is -0.481 e. The van der Waals surface area contributed by atoms with E-state index in [1.807, 2.05) is 0 Å². The number of rotatable bonds is 6. The molecule has 1 aromatic rings. The largest absolute Gasteiger partial charge is 0.481 e. The number of hydrogen-bond acceptors (Lipinski definition) is 5. The fourth-order valence-electron chi connectivity index (χ4n) is 1.80. The Labute approximate surface area is 129 Å². The Morgan fingerprint density at radius 1 is 1.36 bits per heavy atom. The summed E-state index contributed by atoms with van der Waals surface area (Å²) < 4.78 is 5.20. The van der Waals surface area contributed by atoms with Crippen molar-refractivity contribution in [3.8, 4) is 0 Å². The van der Waals surface area contributed by atoms with E-state index in [9.17, 15) is 9.59 Å². The van der Waals surface area contributed by atoms with Crippen molar-refractivity contribution >= 4 is 23.4 Å². The normalized spacial score (nSPS) is 11.0. The predicted molar refractivity (Wildman–Crippen MR) is 83.7 cm³/mol. The summed E-state index contributed by atoms with van der Waals surface area (Å²) in [4.78, 5) is 26.5. The molecule has 22 heavy (non-hydrogen) atoms. The fourth-order valence-corrected chi connectivity index (χ4v) is 1.80. The number of aromatic nitrogens is 1. The zero-order valence-corrected chi connectivity index (χ0v) is 13.2. The number of nitrogens with one attached hydrogen (secondary N) is 1. The van der Waals surface area contributed by atoms with Gasteiger partial charge in [0.25, 0.3) is 0 Å². The molecular formula is C15H23N3O4. The molecule has 122 valence electrons. The molecule has 0 aliphatic rings. The van der Waals surface area contributed by atoms with Crippen LogP contribution in [0.15, 0.2) is 12.3 Å². The van der Waals surface area contributed by atoms with Gasteiger partial charge in [0, 0.05) is 6.42 Å². The Hall–Kier alpha value is -2.31. The first-order valence-electron chi connectivity index (χ1n) is 7.13. The van der Waals surface area contributed by atoms with Gasteiger partial charge in [-0.25, -0.2) is 4.79 Å². The number of unbranched alkanes of at least 4 members (excludes halogenated alkanes) is 1. The third kappa shape index (κ3) is 6.92. The second-order valence-electron chi connectivity index (χ2n) is 5.99. The van der Waals surface area contributed by atoms with Crippen LogP contribution in [0.5, 0.6) is 0 Å². The number of aliphatic carboxylic acids is 1. The van der Waals surface area contributed by atoms with Crippen LogP contribution in [0.1, 0.15) is 45.7 Å². The monoisotopic (exact) mass is 309 g/mol. The maximum atomic E-state index is 11.8. The molecule has 1 amide bonds. The lowest BCUT2D eigenvalue weighted by molar-refractivity contribution is -0.137. The molecular weight excluding hydrogens is 286 g/mol. The highest BCUT2D eigenvalue weighted by Crippen LogP contribution is 2.20. The van der Waals surface area contributed by atoms with E-state index in [2.05, 4.69) is 10.3 Å². The topological polar surface area (TPSA) is 115 Å². The SMILES string of the molecule is CC(C)(C)OC(=O)Nc1cc(N)cnc1CCCCC(=O)O. The molecule has 7 heteroatoms. The van der Waals surface area contributed by atoms with Crippen molar-refractivity contribution in [3.63, 3.8) is 0 Å². The van der Waals surface area contributed by atoms with Gasteiger partial charge < -0.3 is 15.6 Å². The van der Waals surface area contributed by atoms with Crippen LogP contribution >= 0.6 is 0 Å². The van der Waals surface area contributed by atoms with Gasteiger partial charge in [-0.3, -0.25) is 15.1 Å². The number of nitrogens with zero attached hydrogens (tertiary/aromatic N) is 1. The average Bonchev–Trinajstić information content (AvgIpc) is 2.34. The number of nitrogens with two attached hydrogens (primary N) is 1. The number of nitrogen functional groups attached to an aromatic ring is 1. The summed E-state index contributed by atoms with van der Waals surface area (Å²) >= 11 is 0. The summed E-state index contributed by atoms with van der Waals surface area (Å²) in [5.74, 6) is -0.822. The molecule has 0 spiro atoms. The van der Waals surface area contributed by atoms with E-state index < -0.39 is 17.7 Å². The summed E-state index contributed by atoms with van der Waals surface area (Å²) in [5, 5.41) is 11.3. The van der Waals surface area contributed by atoms with E-state index in [1.54, 1.807) is 26.8 Å². The first-order chi connectivity index (χ1) is 10.2. The van der Waals surface area contributed by atoms with Crippen LogP contribution in [0.2, 0.25) is 0 Å². The van der Waals surface area contributed by atoms with Gasteiger partial charge >= 0.3 is 12.1 Å². The molecule has 0 aliphatic heterocycles. The van der Waals surface area contributed by atoms with Crippen molar-refractivity contribution < 1.29 is 19.4 Å². The van der Waals surface area contributed by atoms with Crippen molar-refractivity contribution in [1.29, 1.82) is 0 Å². The minimum atomic E-state index is -0.822. The smallest absolute Gasteiger partial charge is 0.412 e. The highest BCUT2D eigenvalue weighted by Gasteiger charge is 2.17. The standard InChI is InChI=1S/C15H23N3O4/c1-15(2,3)22-14(21)18-12-8-10(16)9-17-11(12)6-4-5-7-13(19)20/h8-9H,4-7,16H2,1-3H3,(H,18,21)(H,19,20).